The standard InChI is InChI=1S/C11H15FO/c1-8(2)11(7-13)9-4-3-5-10(12)6-9/h3-6,8,11,13H,7H2,1-2H3. The number of hydrogen-bond acceptors (Lipinski definition) is 1. The normalized spacial score (nSPS) is 13.3. The summed E-state index contributed by atoms with van der Waals surface area (Å²) in [6.45, 7) is 4.11. The molecule has 13 heavy (non-hydrogen) atoms. The first-order chi connectivity index (χ1) is 6.15. The van der Waals surface area contributed by atoms with Crippen LogP contribution in [0.1, 0.15) is 25.3 Å². The molecule has 1 unspecified atom stereocenters. The Kier molecular flexibility index (Phi) is 3.43. The van der Waals surface area contributed by atoms with Crippen molar-refractivity contribution in [3.63, 3.8) is 0 Å². The van der Waals surface area contributed by atoms with Crippen LogP contribution < -0.4 is 0 Å². The van der Waals surface area contributed by atoms with Crippen LogP contribution in [0.4, 0.5) is 4.39 Å². The molecule has 1 nitrogen and oxygen atoms in total. The van der Waals surface area contributed by atoms with E-state index in [1.165, 1.54) is 12.1 Å². The van der Waals surface area contributed by atoms with Crippen LogP contribution in [-0.4, -0.2) is 11.7 Å². The largest absolute Gasteiger partial charge is 0.396 e. The maximum Gasteiger partial charge on any atom is 0.123 e. The van der Waals surface area contributed by atoms with Gasteiger partial charge in [-0.15, -0.1) is 0 Å². The van der Waals surface area contributed by atoms with Crippen LogP contribution in [0, 0.1) is 11.7 Å². The highest BCUT2D eigenvalue weighted by atomic mass is 19.1. The molecule has 0 amide bonds. The van der Waals surface area contributed by atoms with Crippen molar-refractivity contribution in [2.24, 2.45) is 5.92 Å². The number of halogens is 1. The third-order valence-corrected chi connectivity index (χ3v) is 2.28. The van der Waals surface area contributed by atoms with Gasteiger partial charge in [0.05, 0.1) is 6.61 Å². The lowest BCUT2D eigenvalue weighted by molar-refractivity contribution is 0.237. The Morgan fingerprint density at radius 2 is 2.08 bits per heavy atom. The molecule has 1 atom stereocenters. The maximum atomic E-state index is 12.8. The lowest BCUT2D eigenvalue weighted by atomic mass is 9.89. The molecule has 0 saturated carbocycles. The molecule has 1 aromatic carbocycles. The third-order valence-electron chi connectivity index (χ3n) is 2.28. The minimum Gasteiger partial charge on any atom is -0.396 e. The third kappa shape index (κ3) is 2.52. The zero-order chi connectivity index (χ0) is 9.84. The summed E-state index contributed by atoms with van der Waals surface area (Å²) in [4.78, 5) is 0. The maximum absolute atomic E-state index is 12.8. The summed E-state index contributed by atoms with van der Waals surface area (Å²) in [5.41, 5.74) is 0.873. The van der Waals surface area contributed by atoms with Crippen LogP contribution in [0.3, 0.4) is 0 Å². The van der Waals surface area contributed by atoms with Crippen molar-refractivity contribution in [3.8, 4) is 0 Å². The first-order valence-corrected chi connectivity index (χ1v) is 4.51. The second-order valence-electron chi connectivity index (χ2n) is 3.59. The van der Waals surface area contributed by atoms with E-state index in [4.69, 9.17) is 5.11 Å². The zero-order valence-electron chi connectivity index (χ0n) is 8.00. The van der Waals surface area contributed by atoms with Crippen LogP contribution in [0.25, 0.3) is 0 Å². The minimum absolute atomic E-state index is 0.0377. The molecule has 0 saturated heterocycles. The van der Waals surface area contributed by atoms with Crippen LogP contribution in [0.15, 0.2) is 24.3 Å². The lowest BCUT2D eigenvalue weighted by Gasteiger charge is -2.18. The van der Waals surface area contributed by atoms with Crippen LogP contribution in [0.2, 0.25) is 0 Å². The fourth-order valence-electron chi connectivity index (χ4n) is 1.44. The van der Waals surface area contributed by atoms with Gasteiger partial charge in [-0.2, -0.15) is 0 Å². The number of benzene rings is 1. The van der Waals surface area contributed by atoms with Crippen LogP contribution >= 0.6 is 0 Å². The van der Waals surface area contributed by atoms with Crippen molar-refractivity contribution in [1.82, 2.24) is 0 Å². The van der Waals surface area contributed by atoms with E-state index in [-0.39, 0.29) is 18.3 Å². The van der Waals surface area contributed by atoms with Gasteiger partial charge in [0.25, 0.3) is 0 Å². The van der Waals surface area contributed by atoms with Crippen molar-refractivity contribution in [1.29, 1.82) is 0 Å². The number of aliphatic hydroxyl groups excluding tert-OH is 1. The molecule has 2 heteroatoms. The highest BCUT2D eigenvalue weighted by Gasteiger charge is 2.14. The van der Waals surface area contributed by atoms with Crippen molar-refractivity contribution < 1.29 is 9.50 Å². The van der Waals surface area contributed by atoms with Gasteiger partial charge in [0.1, 0.15) is 5.82 Å². The Morgan fingerprint density at radius 1 is 1.38 bits per heavy atom. The average molecular weight is 182 g/mol. The monoisotopic (exact) mass is 182 g/mol. The van der Waals surface area contributed by atoms with Gasteiger partial charge in [-0.3, -0.25) is 0 Å². The molecule has 1 aromatic rings. The molecule has 0 fully saturated rings. The molecule has 0 aromatic heterocycles. The van der Waals surface area contributed by atoms with Gasteiger partial charge < -0.3 is 5.11 Å². The van der Waals surface area contributed by atoms with Gasteiger partial charge in [-0.1, -0.05) is 26.0 Å². The zero-order valence-corrected chi connectivity index (χ0v) is 8.00. The van der Waals surface area contributed by atoms with Gasteiger partial charge >= 0.3 is 0 Å². The molecule has 0 heterocycles. The summed E-state index contributed by atoms with van der Waals surface area (Å²) in [5.74, 6) is 0.124. The Hall–Kier alpha value is -0.890. The molecule has 0 aliphatic carbocycles. The van der Waals surface area contributed by atoms with Crippen molar-refractivity contribution >= 4 is 0 Å². The first kappa shape index (κ1) is 10.2. The summed E-state index contributed by atoms with van der Waals surface area (Å²) in [6, 6.07) is 6.43. The number of hydrogen-bond donors (Lipinski definition) is 1. The van der Waals surface area contributed by atoms with E-state index in [0.29, 0.717) is 5.92 Å². The van der Waals surface area contributed by atoms with Gasteiger partial charge in [-0.05, 0) is 23.6 Å². The van der Waals surface area contributed by atoms with E-state index in [2.05, 4.69) is 0 Å². The molecule has 1 rings (SSSR count). The molecular formula is C11H15FO. The summed E-state index contributed by atoms with van der Waals surface area (Å²) in [6.07, 6.45) is 0. The van der Waals surface area contributed by atoms with Crippen molar-refractivity contribution in [2.75, 3.05) is 6.61 Å². The Bertz CT molecular complexity index is 271. The van der Waals surface area contributed by atoms with Gasteiger partial charge in [-0.25, -0.2) is 4.39 Å². The SMILES string of the molecule is CC(C)C(CO)c1cccc(F)c1. The van der Waals surface area contributed by atoms with E-state index in [9.17, 15) is 4.39 Å². The predicted molar refractivity (Wildman–Crippen MR) is 51.1 cm³/mol. The Labute approximate surface area is 78.2 Å². The summed E-state index contributed by atoms with van der Waals surface area (Å²) < 4.78 is 12.8. The smallest absolute Gasteiger partial charge is 0.123 e. The fraction of sp³-hybridized carbons (Fsp3) is 0.455. The van der Waals surface area contributed by atoms with Gasteiger partial charge in [0.15, 0.2) is 0 Å². The second-order valence-corrected chi connectivity index (χ2v) is 3.59. The molecule has 0 spiro atoms. The van der Waals surface area contributed by atoms with E-state index in [0.717, 1.165) is 5.56 Å². The molecular weight excluding hydrogens is 167 g/mol. The first-order valence-electron chi connectivity index (χ1n) is 4.51. The summed E-state index contributed by atoms with van der Waals surface area (Å²) in [7, 11) is 0. The molecule has 72 valence electrons. The quantitative estimate of drug-likeness (QED) is 0.761. The topological polar surface area (TPSA) is 20.2 Å². The predicted octanol–water partition coefficient (Wildman–Crippen LogP) is 2.56. The van der Waals surface area contributed by atoms with Gasteiger partial charge in [0.2, 0.25) is 0 Å². The molecule has 0 radical (unpaired) electrons. The number of rotatable bonds is 3. The van der Waals surface area contributed by atoms with E-state index < -0.39 is 0 Å². The highest BCUT2D eigenvalue weighted by molar-refractivity contribution is 5.21. The molecule has 1 N–H and O–H groups in total. The molecule has 0 bridgehead atoms. The van der Waals surface area contributed by atoms with E-state index in [1.54, 1.807) is 6.07 Å². The van der Waals surface area contributed by atoms with E-state index >= 15 is 0 Å². The summed E-state index contributed by atoms with van der Waals surface area (Å²) in [5, 5.41) is 9.12. The van der Waals surface area contributed by atoms with Gasteiger partial charge in [0, 0.05) is 5.92 Å². The second kappa shape index (κ2) is 4.38. The van der Waals surface area contributed by atoms with Crippen molar-refractivity contribution in [2.45, 2.75) is 19.8 Å². The number of aliphatic hydroxyl groups is 1. The van der Waals surface area contributed by atoms with Crippen LogP contribution in [-0.2, 0) is 0 Å². The summed E-state index contributed by atoms with van der Waals surface area (Å²) >= 11 is 0. The Balaban J connectivity index is 2.91. The molecule has 0 aliphatic heterocycles. The lowest BCUT2D eigenvalue weighted by Crippen LogP contribution is -2.11. The highest BCUT2D eigenvalue weighted by Crippen LogP contribution is 2.23. The fourth-order valence-corrected chi connectivity index (χ4v) is 1.44. The minimum atomic E-state index is -0.239. The van der Waals surface area contributed by atoms with Crippen LogP contribution in [0.5, 0.6) is 0 Å². The van der Waals surface area contributed by atoms with Crippen molar-refractivity contribution in [3.05, 3.63) is 35.6 Å². The van der Waals surface area contributed by atoms with E-state index in [1.807, 2.05) is 19.9 Å². The Morgan fingerprint density at radius 3 is 2.54 bits per heavy atom. The molecule has 0 aliphatic rings. The average Bonchev–Trinajstić information content (AvgIpc) is 2.04.